The summed E-state index contributed by atoms with van der Waals surface area (Å²) >= 11 is 2.69. The van der Waals surface area contributed by atoms with Crippen molar-refractivity contribution in [3.63, 3.8) is 0 Å². The summed E-state index contributed by atoms with van der Waals surface area (Å²) in [7, 11) is 0. The Balaban J connectivity index is 3.02. The van der Waals surface area contributed by atoms with Crippen LogP contribution in [-0.4, -0.2) is 4.98 Å². The van der Waals surface area contributed by atoms with Gasteiger partial charge >= 0.3 is 52.0 Å². The van der Waals surface area contributed by atoms with Gasteiger partial charge in [0.2, 0.25) is 0 Å². The van der Waals surface area contributed by atoms with Gasteiger partial charge in [-0.05, 0) is 0 Å². The van der Waals surface area contributed by atoms with Gasteiger partial charge in [0.1, 0.15) is 0 Å². The summed E-state index contributed by atoms with van der Waals surface area (Å²) in [4.78, 5) is 3.93. The summed E-state index contributed by atoms with van der Waals surface area (Å²) in [6, 6.07) is 5.76. The Morgan fingerprint density at radius 3 is 2.57 bits per heavy atom. The van der Waals surface area contributed by atoms with E-state index in [-0.39, 0.29) is 0 Å². The van der Waals surface area contributed by atoms with E-state index in [4.69, 9.17) is 0 Å². The first-order chi connectivity index (χ1) is 3.39. The van der Waals surface area contributed by atoms with E-state index in [2.05, 4.69) is 23.3 Å². The quantitative estimate of drug-likeness (QED) is 0.523. The third-order valence-electron chi connectivity index (χ3n) is 0.616. The van der Waals surface area contributed by atoms with Crippen LogP contribution in [0, 0.1) is 0 Å². The number of pyridine rings is 1. The zero-order chi connectivity index (χ0) is 5.11. The molecule has 1 rings (SSSR count). The molecule has 7 heavy (non-hydrogen) atoms. The Hall–Kier alpha value is -0.227. The van der Waals surface area contributed by atoms with Crippen molar-refractivity contribution in [3.8, 4) is 0 Å². The van der Waals surface area contributed by atoms with Crippen molar-refractivity contribution in [1.82, 2.24) is 4.98 Å². The first-order valence-electron chi connectivity index (χ1n) is 1.94. The molecule has 1 aromatic rings. The van der Waals surface area contributed by atoms with Gasteiger partial charge in [0.05, 0.1) is 0 Å². The molecule has 0 saturated carbocycles. The first kappa shape index (κ1) is 4.92. The Morgan fingerprint density at radius 1 is 1.43 bits per heavy atom. The van der Waals surface area contributed by atoms with Crippen molar-refractivity contribution < 1.29 is 18.3 Å². The van der Waals surface area contributed by atoms with Gasteiger partial charge in [0.25, 0.3) is 0 Å². The van der Waals surface area contributed by atoms with Gasteiger partial charge in [-0.15, -0.1) is 0 Å². The van der Waals surface area contributed by atoms with Crippen LogP contribution in [0.25, 0.3) is 0 Å². The molecule has 1 nitrogen and oxygen atoms in total. The number of aromatic nitrogens is 1. The fourth-order valence-corrected chi connectivity index (χ4v) is 0.614. The molecule has 0 atom stereocenters. The molecule has 0 aromatic carbocycles. The van der Waals surface area contributed by atoms with Crippen molar-refractivity contribution in [2.75, 3.05) is 0 Å². The molecule has 0 radical (unpaired) electrons. The molecule has 1 aromatic heterocycles. The Labute approximate surface area is 52.5 Å². The molecule has 0 unspecified atom stereocenters. The number of rotatable bonds is 0. The standard InChI is InChI=1S/C5H4N.Rh/c1-2-4-6-5-3-1;/h1-4H;. The molecular formula is C5H4NRh. The molecule has 2 heteroatoms. The van der Waals surface area contributed by atoms with Gasteiger partial charge < -0.3 is 0 Å². The van der Waals surface area contributed by atoms with Crippen LogP contribution < -0.4 is 4.29 Å². The van der Waals surface area contributed by atoms with Gasteiger partial charge in [-0.1, -0.05) is 0 Å². The van der Waals surface area contributed by atoms with Gasteiger partial charge in [-0.2, -0.15) is 0 Å². The molecule has 0 saturated heterocycles. The molecule has 0 aliphatic heterocycles. The van der Waals surface area contributed by atoms with Crippen LogP contribution in [0.3, 0.4) is 0 Å². The minimum absolute atomic E-state index is 0.962. The molecule has 1 heterocycles. The molecule has 0 bridgehead atoms. The fourth-order valence-electron chi connectivity index (χ4n) is 0.334. The van der Waals surface area contributed by atoms with Crippen LogP contribution in [0.15, 0.2) is 24.4 Å². The predicted molar refractivity (Wildman–Crippen MR) is 23.9 cm³/mol. The van der Waals surface area contributed by atoms with Crippen LogP contribution in [0.5, 0.6) is 0 Å². The average Bonchev–Trinajstić information content (AvgIpc) is 1.69. The van der Waals surface area contributed by atoms with Gasteiger partial charge in [-0.25, -0.2) is 0 Å². The van der Waals surface area contributed by atoms with E-state index in [0.29, 0.717) is 0 Å². The van der Waals surface area contributed by atoms with Crippen molar-refractivity contribution >= 4 is 4.29 Å². The van der Waals surface area contributed by atoms with Gasteiger partial charge in [-0.3, -0.25) is 0 Å². The van der Waals surface area contributed by atoms with Crippen LogP contribution in [0.4, 0.5) is 0 Å². The number of hydrogen-bond acceptors (Lipinski definition) is 1. The monoisotopic (exact) mass is 181 g/mol. The minimum atomic E-state index is 0.962. The predicted octanol–water partition coefficient (Wildman–Crippen LogP) is 0.254. The topological polar surface area (TPSA) is 12.9 Å². The third-order valence-corrected chi connectivity index (χ3v) is 1.10. The van der Waals surface area contributed by atoms with Crippen molar-refractivity contribution in [2.24, 2.45) is 0 Å². The maximum atomic E-state index is 3.93. The normalized spacial score (nSPS) is 8.86. The zero-order valence-electron chi connectivity index (χ0n) is 3.59. The first-order valence-corrected chi connectivity index (χ1v) is 2.76. The molecule has 0 spiro atoms. The summed E-state index contributed by atoms with van der Waals surface area (Å²) in [5.41, 5.74) is 0. The van der Waals surface area contributed by atoms with Gasteiger partial charge in [0.15, 0.2) is 0 Å². The van der Waals surface area contributed by atoms with Crippen LogP contribution in [-0.2, 0) is 18.3 Å². The summed E-state index contributed by atoms with van der Waals surface area (Å²) < 4.78 is 0.962. The van der Waals surface area contributed by atoms with Crippen LogP contribution in [0.2, 0.25) is 0 Å². The van der Waals surface area contributed by atoms with E-state index < -0.39 is 0 Å². The van der Waals surface area contributed by atoms with E-state index in [1.165, 1.54) is 0 Å². The van der Waals surface area contributed by atoms with E-state index >= 15 is 0 Å². The van der Waals surface area contributed by atoms with E-state index in [1.807, 2.05) is 18.2 Å². The second kappa shape index (κ2) is 2.18. The van der Waals surface area contributed by atoms with Crippen LogP contribution in [0.1, 0.15) is 0 Å². The number of nitrogens with zero attached hydrogens (tertiary/aromatic N) is 1. The third kappa shape index (κ3) is 1.36. The number of hydrogen-bond donors (Lipinski definition) is 0. The second-order valence-corrected chi connectivity index (χ2v) is 1.97. The molecule has 0 aliphatic carbocycles. The van der Waals surface area contributed by atoms with Gasteiger partial charge in [0, 0.05) is 0 Å². The van der Waals surface area contributed by atoms with E-state index in [1.54, 1.807) is 6.20 Å². The zero-order valence-corrected chi connectivity index (χ0v) is 5.23. The summed E-state index contributed by atoms with van der Waals surface area (Å²) in [5, 5.41) is 0. The Morgan fingerprint density at radius 2 is 2.29 bits per heavy atom. The van der Waals surface area contributed by atoms with Crippen LogP contribution >= 0.6 is 0 Å². The van der Waals surface area contributed by atoms with E-state index in [9.17, 15) is 0 Å². The maximum absolute atomic E-state index is 3.93. The molecular weight excluding hydrogens is 177 g/mol. The summed E-state index contributed by atoms with van der Waals surface area (Å²) in [6.07, 6.45) is 1.76. The fraction of sp³-hybridized carbons (Fsp3) is 0. The van der Waals surface area contributed by atoms with Crippen molar-refractivity contribution in [2.45, 2.75) is 0 Å². The molecule has 38 valence electrons. The molecule has 0 fully saturated rings. The van der Waals surface area contributed by atoms with E-state index in [0.717, 1.165) is 4.29 Å². The average molecular weight is 181 g/mol. The molecule has 0 amide bonds. The Kier molecular flexibility index (Phi) is 1.53. The molecule has 0 aliphatic rings. The Bertz CT molecular complexity index is 138. The van der Waals surface area contributed by atoms with Crippen molar-refractivity contribution in [3.05, 3.63) is 24.4 Å². The van der Waals surface area contributed by atoms with Crippen molar-refractivity contribution in [1.29, 1.82) is 0 Å². The summed E-state index contributed by atoms with van der Waals surface area (Å²) in [6.45, 7) is 0. The second-order valence-electron chi connectivity index (χ2n) is 1.13. The SMILES string of the molecule is [Rh][c]1ccccn1. The summed E-state index contributed by atoms with van der Waals surface area (Å²) in [5.74, 6) is 0. The molecule has 0 N–H and O–H groups in total.